The van der Waals surface area contributed by atoms with Gasteiger partial charge in [-0.3, -0.25) is 9.69 Å². The summed E-state index contributed by atoms with van der Waals surface area (Å²) in [5.41, 5.74) is 2.13. The molecule has 2 aromatic carbocycles. The molecule has 1 fully saturated rings. The summed E-state index contributed by atoms with van der Waals surface area (Å²) in [5, 5.41) is 0. The number of methoxy groups -OCH3 is 1. The van der Waals surface area contributed by atoms with Crippen molar-refractivity contribution in [3.8, 4) is 5.75 Å². The van der Waals surface area contributed by atoms with Crippen LogP contribution in [-0.2, 0) is 17.8 Å². The molecule has 0 unspecified atom stereocenters. The maximum atomic E-state index is 13.8. The third-order valence-electron chi connectivity index (χ3n) is 5.03. The molecule has 1 aliphatic heterocycles. The number of rotatable bonds is 6. The largest absolute Gasteiger partial charge is 0.494 e. The van der Waals surface area contributed by atoms with Gasteiger partial charge in [-0.05, 0) is 36.1 Å². The Morgan fingerprint density at radius 2 is 1.85 bits per heavy atom. The van der Waals surface area contributed by atoms with Gasteiger partial charge in [0.1, 0.15) is 0 Å². The number of amides is 1. The van der Waals surface area contributed by atoms with Gasteiger partial charge in [0.05, 0.1) is 7.11 Å². The molecule has 0 spiro atoms. The Labute approximate surface area is 160 Å². The average molecular weight is 370 g/mol. The first-order valence-corrected chi connectivity index (χ1v) is 9.52. The molecule has 144 valence electrons. The van der Waals surface area contributed by atoms with Crippen LogP contribution in [0.1, 0.15) is 24.0 Å². The molecule has 5 heteroatoms. The molecule has 1 aliphatic rings. The van der Waals surface area contributed by atoms with E-state index < -0.39 is 0 Å². The zero-order valence-corrected chi connectivity index (χ0v) is 15.9. The molecule has 0 bridgehead atoms. The molecule has 0 atom stereocenters. The number of hydrogen-bond acceptors (Lipinski definition) is 3. The minimum atomic E-state index is -0.381. The van der Waals surface area contributed by atoms with Crippen LogP contribution in [0.3, 0.4) is 0 Å². The van der Waals surface area contributed by atoms with Crippen LogP contribution < -0.4 is 4.74 Å². The topological polar surface area (TPSA) is 32.8 Å². The third-order valence-corrected chi connectivity index (χ3v) is 5.03. The van der Waals surface area contributed by atoms with E-state index >= 15 is 0 Å². The second kappa shape index (κ2) is 9.51. The number of hydrogen-bond donors (Lipinski definition) is 0. The van der Waals surface area contributed by atoms with Crippen molar-refractivity contribution in [2.75, 3.05) is 33.3 Å². The van der Waals surface area contributed by atoms with E-state index in [9.17, 15) is 9.18 Å². The lowest BCUT2D eigenvalue weighted by molar-refractivity contribution is -0.131. The fourth-order valence-corrected chi connectivity index (χ4v) is 3.49. The predicted octanol–water partition coefficient (Wildman–Crippen LogP) is 3.50. The average Bonchev–Trinajstić information content (AvgIpc) is 2.93. The number of carbonyl (C=O) groups excluding carboxylic acids is 1. The molecule has 0 radical (unpaired) electrons. The first-order valence-electron chi connectivity index (χ1n) is 9.52. The number of carbonyl (C=O) groups is 1. The summed E-state index contributed by atoms with van der Waals surface area (Å²) in [6.45, 7) is 4.36. The summed E-state index contributed by atoms with van der Waals surface area (Å²) < 4.78 is 18.7. The lowest BCUT2D eigenvalue weighted by Gasteiger charge is -2.22. The second-order valence-electron chi connectivity index (χ2n) is 6.96. The van der Waals surface area contributed by atoms with E-state index in [1.807, 2.05) is 17.0 Å². The smallest absolute Gasteiger partial charge is 0.222 e. The highest BCUT2D eigenvalue weighted by molar-refractivity contribution is 5.76. The van der Waals surface area contributed by atoms with Crippen molar-refractivity contribution >= 4 is 5.91 Å². The van der Waals surface area contributed by atoms with Gasteiger partial charge in [0, 0.05) is 39.1 Å². The Hall–Kier alpha value is -2.40. The minimum absolute atomic E-state index is 0.146. The monoisotopic (exact) mass is 370 g/mol. The summed E-state index contributed by atoms with van der Waals surface area (Å²) in [6.07, 6.45) is 1.93. The molecular formula is C22H27FN2O2. The molecule has 2 aromatic rings. The predicted molar refractivity (Wildman–Crippen MR) is 104 cm³/mol. The van der Waals surface area contributed by atoms with Crippen LogP contribution in [0.5, 0.6) is 5.75 Å². The van der Waals surface area contributed by atoms with Crippen LogP contribution >= 0.6 is 0 Å². The van der Waals surface area contributed by atoms with Crippen LogP contribution in [0.2, 0.25) is 0 Å². The zero-order chi connectivity index (χ0) is 19.1. The fraction of sp³-hybridized carbons (Fsp3) is 0.409. The molecule has 1 saturated heterocycles. The number of halogens is 1. The van der Waals surface area contributed by atoms with Crippen molar-refractivity contribution in [1.82, 2.24) is 9.80 Å². The lowest BCUT2D eigenvalue weighted by Crippen LogP contribution is -2.35. The van der Waals surface area contributed by atoms with Gasteiger partial charge in [-0.2, -0.15) is 0 Å². The highest BCUT2D eigenvalue weighted by Crippen LogP contribution is 2.19. The van der Waals surface area contributed by atoms with E-state index in [0.29, 0.717) is 12.8 Å². The van der Waals surface area contributed by atoms with Crippen LogP contribution in [-0.4, -0.2) is 49.0 Å². The van der Waals surface area contributed by atoms with Crippen LogP contribution in [0, 0.1) is 5.82 Å². The lowest BCUT2D eigenvalue weighted by atomic mass is 10.1. The minimum Gasteiger partial charge on any atom is -0.494 e. The molecular weight excluding hydrogens is 343 g/mol. The van der Waals surface area contributed by atoms with Crippen LogP contribution in [0.4, 0.5) is 4.39 Å². The first kappa shape index (κ1) is 19.4. The van der Waals surface area contributed by atoms with Crippen molar-refractivity contribution in [1.29, 1.82) is 0 Å². The van der Waals surface area contributed by atoms with E-state index in [2.05, 4.69) is 29.2 Å². The molecule has 1 heterocycles. The van der Waals surface area contributed by atoms with Gasteiger partial charge < -0.3 is 9.64 Å². The normalized spacial score (nSPS) is 15.4. The number of aryl methyl sites for hydroxylation is 1. The van der Waals surface area contributed by atoms with E-state index in [0.717, 1.165) is 44.7 Å². The summed E-state index contributed by atoms with van der Waals surface area (Å²) in [6, 6.07) is 15.3. The SMILES string of the molecule is COc1ccc(CCC(=O)N2CCCN(Cc3ccccc3)CC2)cc1F. The Balaban J connectivity index is 1.48. The van der Waals surface area contributed by atoms with Gasteiger partial charge in [0.2, 0.25) is 5.91 Å². The Morgan fingerprint density at radius 1 is 1.04 bits per heavy atom. The van der Waals surface area contributed by atoms with E-state index in [-0.39, 0.29) is 17.5 Å². The van der Waals surface area contributed by atoms with Crippen molar-refractivity contribution in [2.45, 2.75) is 25.8 Å². The van der Waals surface area contributed by atoms with Crippen LogP contribution in [0.25, 0.3) is 0 Å². The van der Waals surface area contributed by atoms with Gasteiger partial charge in [0.25, 0.3) is 0 Å². The second-order valence-corrected chi connectivity index (χ2v) is 6.96. The summed E-state index contributed by atoms with van der Waals surface area (Å²) in [4.78, 5) is 16.9. The van der Waals surface area contributed by atoms with Gasteiger partial charge in [0.15, 0.2) is 11.6 Å². The van der Waals surface area contributed by atoms with Crippen molar-refractivity contribution < 1.29 is 13.9 Å². The molecule has 0 N–H and O–H groups in total. The third kappa shape index (κ3) is 5.54. The van der Waals surface area contributed by atoms with E-state index in [1.54, 1.807) is 6.07 Å². The maximum Gasteiger partial charge on any atom is 0.222 e. The van der Waals surface area contributed by atoms with Gasteiger partial charge in [-0.1, -0.05) is 36.4 Å². The van der Waals surface area contributed by atoms with Crippen molar-refractivity contribution in [3.05, 3.63) is 65.5 Å². The highest BCUT2D eigenvalue weighted by Gasteiger charge is 2.19. The molecule has 27 heavy (non-hydrogen) atoms. The molecule has 0 aromatic heterocycles. The van der Waals surface area contributed by atoms with Crippen molar-refractivity contribution in [3.63, 3.8) is 0 Å². The Kier molecular flexibility index (Phi) is 6.82. The zero-order valence-electron chi connectivity index (χ0n) is 15.9. The number of ether oxygens (including phenoxy) is 1. The summed E-state index contributed by atoms with van der Waals surface area (Å²) in [5.74, 6) is -0.00216. The maximum absolute atomic E-state index is 13.8. The number of nitrogens with zero attached hydrogens (tertiary/aromatic N) is 2. The first-order chi connectivity index (χ1) is 13.2. The summed E-state index contributed by atoms with van der Waals surface area (Å²) >= 11 is 0. The molecule has 0 aliphatic carbocycles. The van der Waals surface area contributed by atoms with Crippen molar-refractivity contribution in [2.24, 2.45) is 0 Å². The van der Waals surface area contributed by atoms with Crippen LogP contribution in [0.15, 0.2) is 48.5 Å². The van der Waals surface area contributed by atoms with Gasteiger partial charge >= 0.3 is 0 Å². The quantitative estimate of drug-likeness (QED) is 0.780. The van der Waals surface area contributed by atoms with Gasteiger partial charge in [-0.25, -0.2) is 4.39 Å². The molecule has 3 rings (SSSR count). The standard InChI is InChI=1S/C22H27FN2O2/c1-27-21-10-8-18(16-20(21)23)9-11-22(26)25-13-5-12-24(14-15-25)17-19-6-3-2-4-7-19/h2-4,6-8,10,16H,5,9,11-15,17H2,1H3. The Bertz CT molecular complexity index is 751. The number of benzene rings is 2. The van der Waals surface area contributed by atoms with E-state index in [4.69, 9.17) is 4.74 Å². The fourth-order valence-electron chi connectivity index (χ4n) is 3.49. The Morgan fingerprint density at radius 3 is 2.59 bits per heavy atom. The molecule has 4 nitrogen and oxygen atoms in total. The molecule has 1 amide bonds. The summed E-state index contributed by atoms with van der Waals surface area (Å²) in [7, 11) is 1.45. The highest BCUT2D eigenvalue weighted by atomic mass is 19.1. The van der Waals surface area contributed by atoms with E-state index in [1.165, 1.54) is 18.7 Å². The van der Waals surface area contributed by atoms with Gasteiger partial charge in [-0.15, -0.1) is 0 Å². The molecule has 0 saturated carbocycles.